The maximum atomic E-state index is 12.6. The van der Waals surface area contributed by atoms with Crippen molar-refractivity contribution >= 4 is 34.5 Å². The van der Waals surface area contributed by atoms with E-state index in [9.17, 15) is 14.9 Å². The summed E-state index contributed by atoms with van der Waals surface area (Å²) in [5, 5.41) is 16.1. The third kappa shape index (κ3) is 4.86. The Labute approximate surface area is 167 Å². The number of nitro groups is 1. The van der Waals surface area contributed by atoms with Gasteiger partial charge in [0.25, 0.3) is 11.6 Å². The van der Waals surface area contributed by atoms with Gasteiger partial charge in [0.2, 0.25) is 0 Å². The lowest BCUT2D eigenvalue weighted by molar-refractivity contribution is -0.384. The van der Waals surface area contributed by atoms with Crippen LogP contribution in [-0.4, -0.2) is 35.4 Å². The molecule has 1 atom stereocenters. The van der Waals surface area contributed by atoms with Gasteiger partial charge in [0.05, 0.1) is 21.6 Å². The predicted molar refractivity (Wildman–Crippen MR) is 107 cm³/mol. The highest BCUT2D eigenvalue weighted by atomic mass is 35.5. The van der Waals surface area contributed by atoms with Crippen LogP contribution in [0.3, 0.4) is 0 Å². The van der Waals surface area contributed by atoms with E-state index in [0.29, 0.717) is 6.54 Å². The summed E-state index contributed by atoms with van der Waals surface area (Å²) in [5.41, 5.74) is -0.0209. The molecule has 0 aliphatic carbocycles. The second-order valence-corrected chi connectivity index (χ2v) is 8.27. The summed E-state index contributed by atoms with van der Waals surface area (Å²) in [4.78, 5) is 26.7. The largest absolute Gasteiger partial charge is 0.350 e. The number of benzene rings is 1. The molecule has 2 heterocycles. The van der Waals surface area contributed by atoms with Crippen LogP contribution in [-0.2, 0) is 0 Å². The van der Waals surface area contributed by atoms with Crippen LogP contribution >= 0.6 is 22.9 Å². The summed E-state index contributed by atoms with van der Waals surface area (Å²) < 4.78 is 0. The first-order valence-corrected chi connectivity index (χ1v) is 10.2. The highest BCUT2D eigenvalue weighted by Gasteiger charge is 2.26. The fraction of sp³-hybridized carbons (Fsp3) is 0.421. The summed E-state index contributed by atoms with van der Waals surface area (Å²) in [6.07, 6.45) is 2.29. The normalized spacial score (nSPS) is 16.8. The van der Waals surface area contributed by atoms with E-state index in [4.69, 9.17) is 11.6 Å². The molecule has 8 heteroatoms. The molecule has 1 saturated heterocycles. The van der Waals surface area contributed by atoms with Crippen LogP contribution in [0.2, 0.25) is 5.02 Å². The third-order valence-electron chi connectivity index (χ3n) is 4.99. The molecule has 144 valence electrons. The molecular formula is C19H22ClN3O3S. The van der Waals surface area contributed by atoms with Crippen molar-refractivity contribution in [2.75, 3.05) is 19.6 Å². The Morgan fingerprint density at radius 1 is 1.41 bits per heavy atom. The zero-order valence-electron chi connectivity index (χ0n) is 15.1. The number of piperidine rings is 1. The summed E-state index contributed by atoms with van der Waals surface area (Å²) in [6.45, 7) is 4.70. The van der Waals surface area contributed by atoms with Crippen LogP contribution in [0.1, 0.15) is 41.0 Å². The van der Waals surface area contributed by atoms with Crippen molar-refractivity contribution in [1.29, 1.82) is 0 Å². The third-order valence-corrected chi connectivity index (χ3v) is 6.30. The number of amides is 1. The van der Waals surface area contributed by atoms with Gasteiger partial charge in [-0.05, 0) is 49.4 Å². The summed E-state index contributed by atoms with van der Waals surface area (Å²) in [6, 6.07) is 8.10. The number of carbonyl (C=O) groups is 1. The number of non-ortho nitro benzene ring substituents is 1. The average molecular weight is 408 g/mol. The number of nitrogens with one attached hydrogen (secondary N) is 1. The number of hydrogen-bond acceptors (Lipinski definition) is 5. The van der Waals surface area contributed by atoms with Crippen LogP contribution in [0.25, 0.3) is 0 Å². The monoisotopic (exact) mass is 407 g/mol. The molecule has 1 aromatic heterocycles. The van der Waals surface area contributed by atoms with E-state index < -0.39 is 10.8 Å². The maximum Gasteiger partial charge on any atom is 0.270 e. The quantitative estimate of drug-likeness (QED) is 0.564. The molecule has 1 aliphatic rings. The maximum absolute atomic E-state index is 12.6. The van der Waals surface area contributed by atoms with Crippen LogP contribution in [0.5, 0.6) is 0 Å². The fourth-order valence-corrected chi connectivity index (χ4v) is 4.38. The minimum Gasteiger partial charge on any atom is -0.350 e. The molecule has 0 saturated carbocycles. The van der Waals surface area contributed by atoms with Crippen molar-refractivity contribution in [1.82, 2.24) is 10.2 Å². The summed E-state index contributed by atoms with van der Waals surface area (Å²) >= 11 is 7.76. The van der Waals surface area contributed by atoms with Crippen LogP contribution in [0.15, 0.2) is 35.7 Å². The number of nitrogens with zero attached hydrogens (tertiary/aromatic N) is 2. The van der Waals surface area contributed by atoms with Crippen molar-refractivity contribution in [3.8, 4) is 0 Å². The van der Waals surface area contributed by atoms with Crippen LogP contribution in [0, 0.1) is 16.0 Å². The van der Waals surface area contributed by atoms with Gasteiger partial charge < -0.3 is 5.32 Å². The molecule has 27 heavy (non-hydrogen) atoms. The molecule has 1 aromatic carbocycles. The fourth-order valence-electron chi connectivity index (χ4n) is 3.32. The molecule has 1 unspecified atom stereocenters. The molecule has 1 amide bonds. The molecular weight excluding hydrogens is 386 g/mol. The Balaban J connectivity index is 1.73. The second-order valence-electron chi connectivity index (χ2n) is 6.88. The average Bonchev–Trinajstić information content (AvgIpc) is 3.17. The lowest BCUT2D eigenvalue weighted by atomic mass is 9.97. The van der Waals surface area contributed by atoms with E-state index in [1.807, 2.05) is 11.4 Å². The van der Waals surface area contributed by atoms with Crippen molar-refractivity contribution < 1.29 is 9.72 Å². The van der Waals surface area contributed by atoms with E-state index in [1.165, 1.54) is 23.1 Å². The van der Waals surface area contributed by atoms with Gasteiger partial charge in [-0.25, -0.2) is 0 Å². The molecule has 0 bridgehead atoms. The molecule has 2 aromatic rings. The smallest absolute Gasteiger partial charge is 0.270 e. The Bertz CT molecular complexity index is 805. The molecule has 6 nitrogen and oxygen atoms in total. The molecule has 1 aliphatic heterocycles. The topological polar surface area (TPSA) is 75.5 Å². The standard InChI is InChI=1S/C19H22ClN3O3S/c1-13-6-8-22(9-7-13)17(18-3-2-10-27-18)12-21-19(24)15-11-14(23(25)26)4-5-16(15)20/h2-5,10-11,13,17H,6-9,12H2,1H3,(H,21,24). The molecule has 1 fully saturated rings. The van der Waals surface area contributed by atoms with Gasteiger partial charge in [0.1, 0.15) is 0 Å². The van der Waals surface area contributed by atoms with Gasteiger partial charge in [0, 0.05) is 23.6 Å². The van der Waals surface area contributed by atoms with Gasteiger partial charge in [-0.3, -0.25) is 19.8 Å². The highest BCUT2D eigenvalue weighted by molar-refractivity contribution is 7.10. The van der Waals surface area contributed by atoms with E-state index in [1.54, 1.807) is 11.3 Å². The van der Waals surface area contributed by atoms with Crippen LogP contribution < -0.4 is 5.32 Å². The van der Waals surface area contributed by atoms with E-state index in [0.717, 1.165) is 31.8 Å². The first-order valence-electron chi connectivity index (χ1n) is 8.95. The van der Waals surface area contributed by atoms with Gasteiger partial charge in [-0.1, -0.05) is 24.6 Å². The molecule has 0 spiro atoms. The van der Waals surface area contributed by atoms with Crippen molar-refractivity contribution in [3.63, 3.8) is 0 Å². The zero-order valence-corrected chi connectivity index (χ0v) is 16.6. The first kappa shape index (κ1) is 19.8. The molecule has 3 rings (SSSR count). The van der Waals surface area contributed by atoms with Crippen molar-refractivity contribution in [2.24, 2.45) is 5.92 Å². The first-order chi connectivity index (χ1) is 13.0. The van der Waals surface area contributed by atoms with E-state index >= 15 is 0 Å². The van der Waals surface area contributed by atoms with Gasteiger partial charge >= 0.3 is 0 Å². The number of hydrogen-bond donors (Lipinski definition) is 1. The summed E-state index contributed by atoms with van der Waals surface area (Å²) in [5.74, 6) is 0.333. The Morgan fingerprint density at radius 3 is 2.78 bits per heavy atom. The highest BCUT2D eigenvalue weighted by Crippen LogP contribution is 2.29. The molecule has 1 N–H and O–H groups in total. The zero-order chi connectivity index (χ0) is 19.4. The SMILES string of the molecule is CC1CCN(C(CNC(=O)c2cc([N+](=O)[O-])ccc2Cl)c2cccs2)CC1. The molecule has 0 radical (unpaired) electrons. The van der Waals surface area contributed by atoms with Crippen molar-refractivity contribution in [2.45, 2.75) is 25.8 Å². The van der Waals surface area contributed by atoms with Gasteiger partial charge in [0.15, 0.2) is 0 Å². The number of likely N-dealkylation sites (tertiary alicyclic amines) is 1. The van der Waals surface area contributed by atoms with Crippen LogP contribution in [0.4, 0.5) is 5.69 Å². The number of halogens is 1. The van der Waals surface area contributed by atoms with Gasteiger partial charge in [-0.2, -0.15) is 0 Å². The lowest BCUT2D eigenvalue weighted by Gasteiger charge is -2.36. The Hall–Kier alpha value is -1.96. The number of thiophene rings is 1. The Morgan fingerprint density at radius 2 is 2.15 bits per heavy atom. The van der Waals surface area contributed by atoms with E-state index in [-0.39, 0.29) is 22.3 Å². The van der Waals surface area contributed by atoms with Crippen molar-refractivity contribution in [3.05, 3.63) is 61.3 Å². The Kier molecular flexibility index (Phi) is 6.46. The number of rotatable bonds is 6. The van der Waals surface area contributed by atoms with Gasteiger partial charge in [-0.15, -0.1) is 11.3 Å². The minimum absolute atomic E-state index is 0.0962. The second kappa shape index (κ2) is 8.82. The minimum atomic E-state index is -0.531. The summed E-state index contributed by atoms with van der Waals surface area (Å²) in [7, 11) is 0. The lowest BCUT2D eigenvalue weighted by Crippen LogP contribution is -2.41. The van der Waals surface area contributed by atoms with E-state index in [2.05, 4.69) is 23.2 Å². The number of carbonyl (C=O) groups excluding carboxylic acids is 1. The number of nitro benzene ring substituents is 1. The predicted octanol–water partition coefficient (Wildman–Crippen LogP) is 4.51.